The molecule has 1 saturated heterocycles. The molecule has 1 aromatic carbocycles. The van der Waals surface area contributed by atoms with Crippen LogP contribution in [0.3, 0.4) is 0 Å². The van der Waals surface area contributed by atoms with Gasteiger partial charge in [0.2, 0.25) is 5.95 Å². The Hall–Kier alpha value is -3.42. The molecule has 4 aromatic rings. The first-order valence-corrected chi connectivity index (χ1v) is 10.8. The van der Waals surface area contributed by atoms with Gasteiger partial charge in [-0.2, -0.15) is 5.10 Å². The van der Waals surface area contributed by atoms with Gasteiger partial charge in [0.25, 0.3) is 5.91 Å². The number of fused-ring (bicyclic) bond motifs is 2. The van der Waals surface area contributed by atoms with Crippen LogP contribution in [0.15, 0.2) is 36.5 Å². The standard InChI is InChI=1S/C23H27N7O/c1-15(2)30-21-17(14-24-30)13-18(16(3)25-21)22(31)28-9-6-10-29(12-11-28)23-26-19-7-4-5-8-20(19)27-23/h4-5,7-8,13-15H,6,9-12H2,1-3H3,(H,26,27). The monoisotopic (exact) mass is 417 g/mol. The smallest absolute Gasteiger partial charge is 0.255 e. The quantitative estimate of drug-likeness (QED) is 0.551. The second-order valence-corrected chi connectivity index (χ2v) is 8.43. The maximum atomic E-state index is 13.4. The Morgan fingerprint density at radius 1 is 1.10 bits per heavy atom. The van der Waals surface area contributed by atoms with Crippen LogP contribution in [0.4, 0.5) is 5.95 Å². The zero-order valence-corrected chi connectivity index (χ0v) is 18.2. The Morgan fingerprint density at radius 2 is 1.94 bits per heavy atom. The van der Waals surface area contributed by atoms with E-state index in [2.05, 4.69) is 28.8 Å². The van der Waals surface area contributed by atoms with Crippen molar-refractivity contribution in [1.29, 1.82) is 0 Å². The minimum absolute atomic E-state index is 0.0376. The van der Waals surface area contributed by atoms with E-state index in [0.717, 1.165) is 59.8 Å². The van der Waals surface area contributed by atoms with Crippen molar-refractivity contribution in [2.75, 3.05) is 31.1 Å². The van der Waals surface area contributed by atoms with Gasteiger partial charge in [0.15, 0.2) is 5.65 Å². The third-order valence-electron chi connectivity index (χ3n) is 5.94. The molecule has 8 nitrogen and oxygen atoms in total. The molecule has 1 aliphatic heterocycles. The molecule has 0 spiro atoms. The van der Waals surface area contributed by atoms with E-state index >= 15 is 0 Å². The molecule has 8 heteroatoms. The lowest BCUT2D eigenvalue weighted by Crippen LogP contribution is -2.36. The van der Waals surface area contributed by atoms with Gasteiger partial charge in [-0.3, -0.25) is 4.79 Å². The highest BCUT2D eigenvalue weighted by atomic mass is 16.2. The third-order valence-corrected chi connectivity index (χ3v) is 5.94. The van der Waals surface area contributed by atoms with Gasteiger partial charge in [-0.25, -0.2) is 14.6 Å². The number of amides is 1. The van der Waals surface area contributed by atoms with E-state index in [1.165, 1.54) is 0 Å². The molecular weight excluding hydrogens is 390 g/mol. The lowest BCUT2D eigenvalue weighted by Gasteiger charge is -2.22. The Bertz CT molecular complexity index is 1220. The van der Waals surface area contributed by atoms with Crippen molar-refractivity contribution in [3.63, 3.8) is 0 Å². The van der Waals surface area contributed by atoms with Gasteiger partial charge in [0.1, 0.15) is 0 Å². The first kappa shape index (κ1) is 19.5. The SMILES string of the molecule is Cc1nc2c(cnn2C(C)C)cc1C(=O)N1CCCN(c2nc3ccccc3[nH]2)CC1. The van der Waals surface area contributed by atoms with E-state index in [9.17, 15) is 4.79 Å². The Balaban J connectivity index is 1.36. The summed E-state index contributed by atoms with van der Waals surface area (Å²) in [5, 5.41) is 5.34. The summed E-state index contributed by atoms with van der Waals surface area (Å²) in [6.07, 6.45) is 2.69. The van der Waals surface area contributed by atoms with Crippen LogP contribution < -0.4 is 4.90 Å². The van der Waals surface area contributed by atoms with E-state index in [0.29, 0.717) is 12.1 Å². The lowest BCUT2D eigenvalue weighted by molar-refractivity contribution is 0.0766. The normalized spacial score (nSPS) is 15.2. The van der Waals surface area contributed by atoms with E-state index < -0.39 is 0 Å². The lowest BCUT2D eigenvalue weighted by atomic mass is 10.1. The number of imidazole rings is 1. The first-order valence-electron chi connectivity index (χ1n) is 10.8. The number of hydrogen-bond acceptors (Lipinski definition) is 5. The average molecular weight is 418 g/mol. The minimum atomic E-state index is 0.0376. The summed E-state index contributed by atoms with van der Waals surface area (Å²) in [6.45, 7) is 9.04. The number of hydrogen-bond donors (Lipinski definition) is 1. The van der Waals surface area contributed by atoms with Gasteiger partial charge in [0, 0.05) is 37.6 Å². The summed E-state index contributed by atoms with van der Waals surface area (Å²) in [7, 11) is 0. The predicted octanol–water partition coefficient (Wildman–Crippen LogP) is 3.55. The highest BCUT2D eigenvalue weighted by Crippen LogP contribution is 2.22. The van der Waals surface area contributed by atoms with Crippen LogP contribution >= 0.6 is 0 Å². The number of aromatic nitrogens is 5. The largest absolute Gasteiger partial charge is 0.341 e. The molecule has 1 N–H and O–H groups in total. The van der Waals surface area contributed by atoms with Crippen LogP contribution in [-0.4, -0.2) is 61.7 Å². The molecule has 0 unspecified atom stereocenters. The zero-order valence-electron chi connectivity index (χ0n) is 18.2. The number of anilines is 1. The maximum absolute atomic E-state index is 13.4. The maximum Gasteiger partial charge on any atom is 0.255 e. The molecule has 1 amide bonds. The predicted molar refractivity (Wildman–Crippen MR) is 121 cm³/mol. The van der Waals surface area contributed by atoms with Crippen LogP contribution in [0.1, 0.15) is 42.4 Å². The highest BCUT2D eigenvalue weighted by Gasteiger charge is 2.24. The van der Waals surface area contributed by atoms with E-state index in [1.54, 1.807) is 6.20 Å². The zero-order chi connectivity index (χ0) is 21.5. The fraction of sp³-hybridized carbons (Fsp3) is 0.391. The molecule has 0 atom stereocenters. The molecule has 4 heterocycles. The summed E-state index contributed by atoms with van der Waals surface area (Å²) in [4.78, 5) is 30.4. The highest BCUT2D eigenvalue weighted by molar-refractivity contribution is 5.98. The van der Waals surface area contributed by atoms with Gasteiger partial charge in [-0.05, 0) is 45.4 Å². The molecule has 0 radical (unpaired) electrons. The van der Waals surface area contributed by atoms with Crippen molar-refractivity contribution < 1.29 is 4.79 Å². The van der Waals surface area contributed by atoms with Crippen LogP contribution in [0, 0.1) is 6.92 Å². The fourth-order valence-electron chi connectivity index (χ4n) is 4.25. The summed E-state index contributed by atoms with van der Waals surface area (Å²) >= 11 is 0. The van der Waals surface area contributed by atoms with Crippen molar-refractivity contribution in [3.05, 3.63) is 47.8 Å². The topological polar surface area (TPSA) is 82.9 Å². The Morgan fingerprint density at radius 3 is 2.74 bits per heavy atom. The number of nitrogens with zero attached hydrogens (tertiary/aromatic N) is 6. The number of para-hydroxylation sites is 2. The number of carbonyl (C=O) groups is 1. The number of benzene rings is 1. The van der Waals surface area contributed by atoms with Gasteiger partial charge >= 0.3 is 0 Å². The molecule has 0 saturated carbocycles. The number of rotatable bonds is 3. The summed E-state index contributed by atoms with van der Waals surface area (Å²) in [5.74, 6) is 0.909. The van der Waals surface area contributed by atoms with Crippen LogP contribution in [0.2, 0.25) is 0 Å². The molecule has 3 aromatic heterocycles. The number of carbonyl (C=O) groups excluding carboxylic acids is 1. The number of nitrogens with one attached hydrogen (secondary N) is 1. The molecular formula is C23H27N7O. The van der Waals surface area contributed by atoms with Gasteiger partial charge in [0.05, 0.1) is 28.5 Å². The number of H-pyrrole nitrogens is 1. The Kier molecular flexibility index (Phi) is 4.84. The molecule has 5 rings (SSSR count). The summed E-state index contributed by atoms with van der Waals surface area (Å²) < 4.78 is 1.90. The van der Waals surface area contributed by atoms with Crippen molar-refractivity contribution in [1.82, 2.24) is 29.6 Å². The second-order valence-electron chi connectivity index (χ2n) is 8.43. The molecule has 0 bridgehead atoms. The van der Waals surface area contributed by atoms with E-state index in [4.69, 9.17) is 9.97 Å². The number of aromatic amines is 1. The van der Waals surface area contributed by atoms with Gasteiger partial charge < -0.3 is 14.8 Å². The fourth-order valence-corrected chi connectivity index (χ4v) is 4.25. The van der Waals surface area contributed by atoms with Crippen molar-refractivity contribution in [2.45, 2.75) is 33.2 Å². The van der Waals surface area contributed by atoms with E-state index in [-0.39, 0.29) is 11.9 Å². The molecule has 1 aliphatic rings. The summed E-state index contributed by atoms with van der Waals surface area (Å²) in [5.41, 5.74) is 4.24. The Labute approximate surface area is 180 Å². The van der Waals surface area contributed by atoms with Crippen molar-refractivity contribution >= 4 is 33.9 Å². The molecule has 1 fully saturated rings. The molecule has 160 valence electrons. The van der Waals surface area contributed by atoms with Crippen molar-refractivity contribution in [2.24, 2.45) is 0 Å². The average Bonchev–Trinajstić information content (AvgIpc) is 3.29. The third kappa shape index (κ3) is 3.52. The molecule has 31 heavy (non-hydrogen) atoms. The van der Waals surface area contributed by atoms with Crippen LogP contribution in [0.25, 0.3) is 22.1 Å². The summed E-state index contributed by atoms with van der Waals surface area (Å²) in [6, 6.07) is 10.2. The first-order chi connectivity index (χ1) is 15.0. The second kappa shape index (κ2) is 7.68. The number of aryl methyl sites for hydroxylation is 1. The van der Waals surface area contributed by atoms with Crippen molar-refractivity contribution in [3.8, 4) is 0 Å². The van der Waals surface area contributed by atoms with Crippen LogP contribution in [0.5, 0.6) is 0 Å². The minimum Gasteiger partial charge on any atom is -0.341 e. The number of pyridine rings is 1. The van der Waals surface area contributed by atoms with Crippen LogP contribution in [-0.2, 0) is 0 Å². The van der Waals surface area contributed by atoms with Gasteiger partial charge in [-0.15, -0.1) is 0 Å². The molecule has 0 aliphatic carbocycles. The van der Waals surface area contributed by atoms with E-state index in [1.807, 2.05) is 46.8 Å². The van der Waals surface area contributed by atoms with Gasteiger partial charge in [-0.1, -0.05) is 12.1 Å².